The van der Waals surface area contributed by atoms with Crippen LogP contribution in [-0.4, -0.2) is 71.1 Å². The summed E-state index contributed by atoms with van der Waals surface area (Å²) in [5, 5.41) is 18.6. The lowest BCUT2D eigenvalue weighted by atomic mass is 10.1. The SMILES string of the molecule is CCCCCCCC/C=C\C/C=C\C/C=C\CCCC(=O)O[C@H](COC(=O)CCC/C=C\C/C=C\C/C=C\C/C=C\CC(O)CCC)COP(=O)(O)OC[C@H](N)C(=O)O. The predicted molar refractivity (Wildman–Crippen MR) is 236 cm³/mol. The van der Waals surface area contributed by atoms with Gasteiger partial charge in [0.15, 0.2) is 6.10 Å². The summed E-state index contributed by atoms with van der Waals surface area (Å²) in [6.45, 7) is 2.46. The number of carboxylic acids is 1. The molecule has 59 heavy (non-hydrogen) atoms. The number of aliphatic hydroxyl groups is 1. The predicted octanol–water partition coefficient (Wildman–Crippen LogP) is 10.5. The van der Waals surface area contributed by atoms with E-state index < -0.39 is 57.7 Å². The number of aliphatic hydroxyl groups excluding tert-OH is 1. The minimum absolute atomic E-state index is 0.0658. The number of hydrogen-bond donors (Lipinski definition) is 4. The first kappa shape index (κ1) is 55.6. The van der Waals surface area contributed by atoms with Crippen LogP contribution < -0.4 is 5.73 Å². The van der Waals surface area contributed by atoms with E-state index in [1.807, 2.05) is 30.4 Å². The van der Waals surface area contributed by atoms with E-state index in [0.717, 1.165) is 51.4 Å². The highest BCUT2D eigenvalue weighted by Gasteiger charge is 2.28. The standard InChI is InChI=1S/C46H76NO11P/c1-3-5-6-7-8-9-10-11-12-13-14-17-21-24-27-30-33-37-45(50)58-42(39-56-59(53,54)57-40-43(47)46(51)52)38-55-44(49)36-32-29-26-23-20-18-15-16-19-22-25-28-31-35-41(48)34-4-2/h11-12,14-15,17-19,22-24,26-28,31,41-43,48H,3-10,13,16,20-21,25,29-30,32-40,47H2,1-2H3,(H,51,52)(H,53,54)/b12-11-,17-14-,18-15-,22-19-,26-23-,27-24-,31-28-/t41?,42-,43+/m1/s1. The van der Waals surface area contributed by atoms with Gasteiger partial charge in [-0.05, 0) is 83.5 Å². The fourth-order valence-electron chi connectivity index (χ4n) is 5.26. The maximum Gasteiger partial charge on any atom is 0.472 e. The van der Waals surface area contributed by atoms with Gasteiger partial charge in [0.25, 0.3) is 0 Å². The summed E-state index contributed by atoms with van der Waals surface area (Å²) in [6.07, 6.45) is 45.8. The molecule has 0 aromatic heterocycles. The zero-order chi connectivity index (χ0) is 43.7. The zero-order valence-corrected chi connectivity index (χ0v) is 36.8. The highest BCUT2D eigenvalue weighted by molar-refractivity contribution is 7.47. The molecule has 0 amide bonds. The highest BCUT2D eigenvalue weighted by Crippen LogP contribution is 2.43. The van der Waals surface area contributed by atoms with Gasteiger partial charge < -0.3 is 30.3 Å². The van der Waals surface area contributed by atoms with Gasteiger partial charge in [0, 0.05) is 12.8 Å². The number of rotatable bonds is 39. The third-order valence-corrected chi connectivity index (χ3v) is 9.62. The first-order valence-corrected chi connectivity index (χ1v) is 23.2. The Bertz CT molecular complexity index is 1340. The number of nitrogens with two attached hydrogens (primary N) is 1. The summed E-state index contributed by atoms with van der Waals surface area (Å²) in [5.41, 5.74) is 5.32. The summed E-state index contributed by atoms with van der Waals surface area (Å²) in [5.74, 6) is -2.56. The van der Waals surface area contributed by atoms with Gasteiger partial charge >= 0.3 is 25.7 Å². The van der Waals surface area contributed by atoms with Crippen LogP contribution in [0.25, 0.3) is 0 Å². The molecule has 5 N–H and O–H groups in total. The Hall–Kier alpha value is -3.38. The fourth-order valence-corrected chi connectivity index (χ4v) is 6.04. The first-order valence-electron chi connectivity index (χ1n) is 21.7. The number of phosphoric ester groups is 1. The lowest BCUT2D eigenvalue weighted by Gasteiger charge is -2.20. The number of hydrogen-bond acceptors (Lipinski definition) is 10. The molecule has 0 aliphatic rings. The maximum atomic E-state index is 12.6. The quantitative estimate of drug-likeness (QED) is 0.0198. The molecule has 0 aromatic carbocycles. The van der Waals surface area contributed by atoms with Crippen molar-refractivity contribution in [2.24, 2.45) is 5.73 Å². The average Bonchev–Trinajstić information content (AvgIpc) is 3.20. The third kappa shape index (κ3) is 39.8. The lowest BCUT2D eigenvalue weighted by molar-refractivity contribution is -0.161. The second-order valence-electron chi connectivity index (χ2n) is 14.3. The average molecular weight is 850 g/mol. The molecule has 0 aromatic rings. The van der Waals surface area contributed by atoms with Crippen LogP contribution >= 0.6 is 7.82 Å². The number of carboxylic acid groups (broad SMARTS) is 1. The summed E-state index contributed by atoms with van der Waals surface area (Å²) in [4.78, 5) is 45.9. The molecule has 0 aliphatic carbocycles. The number of carbonyl (C=O) groups excluding carboxylic acids is 2. The molecule has 0 aliphatic heterocycles. The highest BCUT2D eigenvalue weighted by atomic mass is 31.2. The number of esters is 2. The number of carbonyl (C=O) groups is 3. The van der Waals surface area contributed by atoms with Gasteiger partial charge in [-0.2, -0.15) is 0 Å². The summed E-state index contributed by atoms with van der Waals surface area (Å²) in [6, 6.07) is -1.55. The Labute approximate surface area is 355 Å². The van der Waals surface area contributed by atoms with Crippen molar-refractivity contribution >= 4 is 25.7 Å². The minimum atomic E-state index is -4.76. The van der Waals surface area contributed by atoms with Crippen molar-refractivity contribution in [2.75, 3.05) is 19.8 Å². The molecule has 0 rings (SSSR count). The van der Waals surface area contributed by atoms with Gasteiger partial charge in [-0.15, -0.1) is 0 Å². The molecule has 4 atom stereocenters. The second-order valence-corrected chi connectivity index (χ2v) is 15.8. The number of unbranched alkanes of at least 4 members (excludes halogenated alkanes) is 8. The molecule has 0 saturated heterocycles. The van der Waals surface area contributed by atoms with Crippen molar-refractivity contribution in [3.05, 3.63) is 85.1 Å². The maximum absolute atomic E-state index is 12.6. The lowest BCUT2D eigenvalue weighted by Crippen LogP contribution is -2.34. The van der Waals surface area contributed by atoms with Crippen LogP contribution in [0.4, 0.5) is 0 Å². The molecular formula is C46H76NO11P. The van der Waals surface area contributed by atoms with Crippen molar-refractivity contribution in [1.29, 1.82) is 0 Å². The minimum Gasteiger partial charge on any atom is -0.480 e. The smallest absolute Gasteiger partial charge is 0.472 e. The van der Waals surface area contributed by atoms with Crippen molar-refractivity contribution < 1.29 is 52.6 Å². The van der Waals surface area contributed by atoms with Crippen molar-refractivity contribution in [3.63, 3.8) is 0 Å². The zero-order valence-electron chi connectivity index (χ0n) is 35.9. The number of aliphatic carboxylic acids is 1. The molecule has 0 saturated carbocycles. The van der Waals surface area contributed by atoms with Gasteiger partial charge in [-0.1, -0.05) is 137 Å². The Morgan fingerprint density at radius 3 is 1.58 bits per heavy atom. The van der Waals surface area contributed by atoms with Gasteiger partial charge in [-0.25, -0.2) is 4.57 Å². The Kier molecular flexibility index (Phi) is 37.8. The van der Waals surface area contributed by atoms with Crippen molar-refractivity contribution in [2.45, 2.75) is 167 Å². The van der Waals surface area contributed by atoms with Gasteiger partial charge in [0.1, 0.15) is 12.6 Å². The topological polar surface area (TPSA) is 192 Å². The monoisotopic (exact) mass is 850 g/mol. The van der Waals surface area contributed by atoms with Crippen LogP contribution in [0.5, 0.6) is 0 Å². The second kappa shape index (κ2) is 40.0. The van der Waals surface area contributed by atoms with E-state index in [4.69, 9.17) is 24.8 Å². The Balaban J connectivity index is 4.58. The molecule has 0 bridgehead atoms. The Morgan fingerprint density at radius 1 is 0.593 bits per heavy atom. The molecule has 2 unspecified atom stereocenters. The van der Waals surface area contributed by atoms with E-state index in [0.29, 0.717) is 32.1 Å². The van der Waals surface area contributed by atoms with Crippen LogP contribution in [0.3, 0.4) is 0 Å². The van der Waals surface area contributed by atoms with Gasteiger partial charge in [0.05, 0.1) is 19.3 Å². The first-order chi connectivity index (χ1) is 28.5. The molecule has 0 spiro atoms. The number of ether oxygens (including phenoxy) is 2. The van der Waals surface area contributed by atoms with E-state index in [1.54, 1.807) is 0 Å². The number of allylic oxidation sites excluding steroid dienone is 13. The molecular weight excluding hydrogens is 773 g/mol. The van der Waals surface area contributed by atoms with Crippen LogP contribution in [0.1, 0.15) is 149 Å². The van der Waals surface area contributed by atoms with E-state index in [9.17, 15) is 28.9 Å². The summed E-state index contributed by atoms with van der Waals surface area (Å²) < 4.78 is 32.5. The van der Waals surface area contributed by atoms with E-state index in [2.05, 4.69) is 73.1 Å². The van der Waals surface area contributed by atoms with Gasteiger partial charge in [0.2, 0.25) is 0 Å². The largest absolute Gasteiger partial charge is 0.480 e. The molecule has 13 heteroatoms. The van der Waals surface area contributed by atoms with Crippen LogP contribution in [0.15, 0.2) is 85.1 Å². The summed E-state index contributed by atoms with van der Waals surface area (Å²) >= 11 is 0. The van der Waals surface area contributed by atoms with E-state index >= 15 is 0 Å². The molecule has 12 nitrogen and oxygen atoms in total. The van der Waals surface area contributed by atoms with Crippen molar-refractivity contribution in [3.8, 4) is 0 Å². The normalized spacial score (nSPS) is 15.1. The van der Waals surface area contributed by atoms with Gasteiger partial charge in [-0.3, -0.25) is 23.4 Å². The Morgan fingerprint density at radius 2 is 1.05 bits per heavy atom. The molecule has 0 radical (unpaired) electrons. The van der Waals surface area contributed by atoms with Crippen molar-refractivity contribution in [1.82, 2.24) is 0 Å². The number of phosphoric acid groups is 1. The third-order valence-electron chi connectivity index (χ3n) is 8.67. The van der Waals surface area contributed by atoms with Crippen LogP contribution in [0, 0.1) is 0 Å². The fraction of sp³-hybridized carbons (Fsp3) is 0.630. The van der Waals surface area contributed by atoms with Crippen LogP contribution in [-0.2, 0) is 37.5 Å². The van der Waals surface area contributed by atoms with E-state index in [1.165, 1.54) is 38.5 Å². The summed E-state index contributed by atoms with van der Waals surface area (Å²) in [7, 11) is -4.76. The molecule has 0 heterocycles. The molecule has 336 valence electrons. The molecule has 0 fully saturated rings. The van der Waals surface area contributed by atoms with E-state index in [-0.39, 0.29) is 18.9 Å². The van der Waals surface area contributed by atoms with Crippen LogP contribution in [0.2, 0.25) is 0 Å².